The first-order valence-electron chi connectivity index (χ1n) is 6.60. The molecule has 1 unspecified atom stereocenters. The Hall–Kier alpha value is -2.76. The van der Waals surface area contributed by atoms with Crippen LogP contribution in [0.4, 0.5) is 11.5 Å². The van der Waals surface area contributed by atoms with Gasteiger partial charge in [-0.1, -0.05) is 12.1 Å². The monoisotopic (exact) mass is 285 g/mol. The van der Waals surface area contributed by atoms with Gasteiger partial charge in [0.2, 0.25) is 0 Å². The standard InChI is InChI=1S/C15H15N3O3/c1-9-6-7-11(19)14(17-9)18-15(20)13-8-16-10-4-2-3-5-12(10)21-13/h2-7,13,16,19H,8H2,1H3,(H,17,18,20). The van der Waals surface area contributed by atoms with Gasteiger partial charge in [0, 0.05) is 5.69 Å². The third-order valence-corrected chi connectivity index (χ3v) is 3.18. The van der Waals surface area contributed by atoms with E-state index < -0.39 is 6.10 Å². The van der Waals surface area contributed by atoms with Crippen LogP contribution < -0.4 is 15.4 Å². The molecule has 0 saturated carbocycles. The van der Waals surface area contributed by atoms with Crippen LogP contribution in [0.3, 0.4) is 0 Å². The zero-order valence-electron chi connectivity index (χ0n) is 11.5. The molecule has 2 heterocycles. The van der Waals surface area contributed by atoms with Gasteiger partial charge in [-0.15, -0.1) is 0 Å². The maximum Gasteiger partial charge on any atom is 0.268 e. The lowest BCUT2D eigenvalue weighted by Crippen LogP contribution is -2.41. The Kier molecular flexibility index (Phi) is 3.35. The van der Waals surface area contributed by atoms with Crippen molar-refractivity contribution in [2.45, 2.75) is 13.0 Å². The molecule has 0 fully saturated rings. The van der Waals surface area contributed by atoms with Crippen LogP contribution >= 0.6 is 0 Å². The number of amides is 1. The summed E-state index contributed by atoms with van der Waals surface area (Å²) in [5, 5.41) is 15.4. The Bertz CT molecular complexity index is 688. The van der Waals surface area contributed by atoms with Crippen molar-refractivity contribution in [3.05, 3.63) is 42.1 Å². The molecular formula is C15H15N3O3. The zero-order chi connectivity index (χ0) is 14.8. The van der Waals surface area contributed by atoms with Crippen LogP contribution in [0.15, 0.2) is 36.4 Å². The second-order valence-electron chi connectivity index (χ2n) is 4.79. The van der Waals surface area contributed by atoms with E-state index in [2.05, 4.69) is 15.6 Å². The first kappa shape index (κ1) is 13.2. The molecule has 3 rings (SSSR count). The Labute approximate surface area is 121 Å². The number of rotatable bonds is 2. The van der Waals surface area contributed by atoms with Gasteiger partial charge in [-0.2, -0.15) is 0 Å². The number of para-hydroxylation sites is 2. The van der Waals surface area contributed by atoms with Gasteiger partial charge in [0.25, 0.3) is 5.91 Å². The minimum absolute atomic E-state index is 0.0712. The molecule has 1 atom stereocenters. The van der Waals surface area contributed by atoms with E-state index in [1.165, 1.54) is 6.07 Å². The number of benzene rings is 1. The van der Waals surface area contributed by atoms with E-state index in [1.54, 1.807) is 19.1 Å². The molecule has 108 valence electrons. The lowest BCUT2D eigenvalue weighted by atomic mass is 10.2. The first-order chi connectivity index (χ1) is 10.1. The third-order valence-electron chi connectivity index (χ3n) is 3.18. The van der Waals surface area contributed by atoms with Crippen LogP contribution in [0.25, 0.3) is 0 Å². The highest BCUT2D eigenvalue weighted by atomic mass is 16.5. The number of ether oxygens (including phenoxy) is 1. The molecule has 0 spiro atoms. The van der Waals surface area contributed by atoms with Crippen molar-refractivity contribution in [1.29, 1.82) is 0 Å². The number of carbonyl (C=O) groups excluding carboxylic acids is 1. The van der Waals surface area contributed by atoms with Gasteiger partial charge in [0.05, 0.1) is 12.2 Å². The Morgan fingerprint density at radius 3 is 3.05 bits per heavy atom. The smallest absolute Gasteiger partial charge is 0.268 e. The van der Waals surface area contributed by atoms with Crippen LogP contribution in [0.2, 0.25) is 0 Å². The van der Waals surface area contributed by atoms with Crippen molar-refractivity contribution < 1.29 is 14.6 Å². The predicted molar refractivity (Wildman–Crippen MR) is 78.6 cm³/mol. The molecule has 3 N–H and O–H groups in total. The molecule has 0 saturated heterocycles. The van der Waals surface area contributed by atoms with E-state index in [0.29, 0.717) is 18.0 Å². The lowest BCUT2D eigenvalue weighted by molar-refractivity contribution is -0.122. The van der Waals surface area contributed by atoms with Crippen LogP contribution in [0, 0.1) is 6.92 Å². The summed E-state index contributed by atoms with van der Waals surface area (Å²) in [4.78, 5) is 16.3. The van der Waals surface area contributed by atoms with Gasteiger partial charge < -0.3 is 20.5 Å². The number of fused-ring (bicyclic) bond motifs is 1. The summed E-state index contributed by atoms with van der Waals surface area (Å²) >= 11 is 0. The molecular weight excluding hydrogens is 270 g/mol. The number of pyridine rings is 1. The average molecular weight is 285 g/mol. The van der Waals surface area contributed by atoms with E-state index in [-0.39, 0.29) is 17.5 Å². The number of carbonyl (C=O) groups is 1. The van der Waals surface area contributed by atoms with Crippen molar-refractivity contribution in [3.8, 4) is 11.5 Å². The number of aromatic hydroxyl groups is 1. The van der Waals surface area contributed by atoms with Gasteiger partial charge in [0.1, 0.15) is 5.75 Å². The SMILES string of the molecule is Cc1ccc(O)c(NC(=O)C2CNc3ccccc3O2)n1. The summed E-state index contributed by atoms with van der Waals surface area (Å²) in [6.45, 7) is 2.14. The van der Waals surface area contributed by atoms with Crippen molar-refractivity contribution in [1.82, 2.24) is 4.98 Å². The summed E-state index contributed by atoms with van der Waals surface area (Å²) in [6.07, 6.45) is -0.679. The van der Waals surface area contributed by atoms with E-state index in [1.807, 2.05) is 18.2 Å². The van der Waals surface area contributed by atoms with Crippen molar-refractivity contribution in [2.24, 2.45) is 0 Å². The predicted octanol–water partition coefficient (Wildman–Crippen LogP) is 1.91. The van der Waals surface area contributed by atoms with Crippen LogP contribution in [0.1, 0.15) is 5.69 Å². The summed E-state index contributed by atoms with van der Waals surface area (Å²) < 4.78 is 5.65. The van der Waals surface area contributed by atoms with Crippen LogP contribution in [-0.2, 0) is 4.79 Å². The molecule has 1 aromatic carbocycles. The maximum atomic E-state index is 12.2. The Balaban J connectivity index is 1.74. The summed E-state index contributed by atoms with van der Waals surface area (Å²) in [6, 6.07) is 10.6. The summed E-state index contributed by atoms with van der Waals surface area (Å²) in [5.74, 6) is 0.344. The van der Waals surface area contributed by atoms with Gasteiger partial charge in [0.15, 0.2) is 17.7 Å². The fourth-order valence-electron chi connectivity index (χ4n) is 2.10. The minimum Gasteiger partial charge on any atom is -0.504 e. The molecule has 1 aliphatic rings. The molecule has 0 bridgehead atoms. The van der Waals surface area contributed by atoms with Crippen molar-refractivity contribution in [2.75, 3.05) is 17.2 Å². The molecule has 0 aliphatic carbocycles. The molecule has 2 aromatic rings. The number of nitrogens with one attached hydrogen (secondary N) is 2. The fourth-order valence-corrected chi connectivity index (χ4v) is 2.10. The topological polar surface area (TPSA) is 83.5 Å². The van der Waals surface area contributed by atoms with Crippen LogP contribution in [0.5, 0.6) is 11.5 Å². The third kappa shape index (κ3) is 2.74. The quantitative estimate of drug-likeness (QED) is 0.785. The molecule has 6 nitrogen and oxygen atoms in total. The molecule has 1 amide bonds. The zero-order valence-corrected chi connectivity index (χ0v) is 11.5. The van der Waals surface area contributed by atoms with E-state index in [4.69, 9.17) is 4.74 Å². The highest BCUT2D eigenvalue weighted by molar-refractivity contribution is 5.95. The average Bonchev–Trinajstić information content (AvgIpc) is 2.50. The van der Waals surface area contributed by atoms with Gasteiger partial charge >= 0.3 is 0 Å². The highest BCUT2D eigenvalue weighted by Gasteiger charge is 2.26. The van der Waals surface area contributed by atoms with E-state index >= 15 is 0 Å². The van der Waals surface area contributed by atoms with Gasteiger partial charge in [-0.3, -0.25) is 4.79 Å². The number of aromatic nitrogens is 1. The first-order valence-corrected chi connectivity index (χ1v) is 6.60. The summed E-state index contributed by atoms with van der Waals surface area (Å²) in [7, 11) is 0. The maximum absolute atomic E-state index is 12.2. The number of aryl methyl sites for hydroxylation is 1. The van der Waals surface area contributed by atoms with Crippen LogP contribution in [-0.4, -0.2) is 28.6 Å². The summed E-state index contributed by atoms with van der Waals surface area (Å²) in [5.41, 5.74) is 1.56. The van der Waals surface area contributed by atoms with Gasteiger partial charge in [-0.25, -0.2) is 4.98 Å². The number of anilines is 2. The van der Waals surface area contributed by atoms with Crippen molar-refractivity contribution in [3.63, 3.8) is 0 Å². The normalized spacial score (nSPS) is 16.3. The number of hydrogen-bond acceptors (Lipinski definition) is 5. The highest BCUT2D eigenvalue weighted by Crippen LogP contribution is 2.29. The molecule has 1 aliphatic heterocycles. The van der Waals surface area contributed by atoms with Gasteiger partial charge in [-0.05, 0) is 31.2 Å². The fraction of sp³-hybridized carbons (Fsp3) is 0.200. The second kappa shape index (κ2) is 5.32. The Morgan fingerprint density at radius 1 is 1.38 bits per heavy atom. The molecule has 1 aromatic heterocycles. The van der Waals surface area contributed by atoms with E-state index in [0.717, 1.165) is 5.69 Å². The lowest BCUT2D eigenvalue weighted by Gasteiger charge is -2.26. The number of nitrogens with zero attached hydrogens (tertiary/aromatic N) is 1. The second-order valence-corrected chi connectivity index (χ2v) is 4.79. The largest absolute Gasteiger partial charge is 0.504 e. The minimum atomic E-state index is -0.679. The van der Waals surface area contributed by atoms with E-state index in [9.17, 15) is 9.90 Å². The molecule has 0 radical (unpaired) electrons. The van der Waals surface area contributed by atoms with Crippen molar-refractivity contribution >= 4 is 17.4 Å². The molecule has 6 heteroatoms. The molecule has 21 heavy (non-hydrogen) atoms. The Morgan fingerprint density at radius 2 is 2.19 bits per heavy atom. The number of hydrogen-bond donors (Lipinski definition) is 3.